The zero-order valence-electron chi connectivity index (χ0n) is 15.9. The number of rotatable bonds is 4. The Kier molecular flexibility index (Phi) is 4.94. The third kappa shape index (κ3) is 3.61. The molecule has 0 aliphatic rings. The predicted molar refractivity (Wildman–Crippen MR) is 109 cm³/mol. The molecule has 1 nitrogen and oxygen atoms in total. The summed E-state index contributed by atoms with van der Waals surface area (Å²) in [6, 6.07) is 22.2. The molecule has 3 rings (SSSR count). The summed E-state index contributed by atoms with van der Waals surface area (Å²) in [7, 11) is 0. The van der Waals surface area contributed by atoms with E-state index in [9.17, 15) is 0 Å². The van der Waals surface area contributed by atoms with Gasteiger partial charge in [0.25, 0.3) is 0 Å². The van der Waals surface area contributed by atoms with Gasteiger partial charge in [-0.05, 0) is 92.8 Å². The number of nitrogens with zero attached hydrogens (tertiary/aromatic N) is 1. The molecule has 0 aliphatic carbocycles. The minimum absolute atomic E-state index is 1.06. The van der Waals surface area contributed by atoms with Crippen molar-refractivity contribution in [1.82, 2.24) is 0 Å². The molecule has 0 aliphatic heterocycles. The molecule has 0 N–H and O–H groups in total. The second-order valence-corrected chi connectivity index (χ2v) is 6.90. The van der Waals surface area contributed by atoms with E-state index in [-0.39, 0.29) is 0 Å². The van der Waals surface area contributed by atoms with Crippen LogP contribution in [0.15, 0.2) is 60.7 Å². The molecule has 128 valence electrons. The molecule has 3 aromatic carbocycles. The summed E-state index contributed by atoms with van der Waals surface area (Å²) in [5.74, 6) is 0. The Hall–Kier alpha value is -2.54. The van der Waals surface area contributed by atoms with E-state index < -0.39 is 0 Å². The molecule has 0 fully saturated rings. The van der Waals surface area contributed by atoms with Gasteiger partial charge in [-0.15, -0.1) is 0 Å². The number of hydrogen-bond acceptors (Lipinski definition) is 1. The van der Waals surface area contributed by atoms with Crippen LogP contribution < -0.4 is 4.90 Å². The lowest BCUT2D eigenvalue weighted by atomic mass is 10.0. The van der Waals surface area contributed by atoms with Crippen molar-refractivity contribution in [3.8, 4) is 0 Å². The normalized spacial score (nSPS) is 10.8. The maximum absolute atomic E-state index is 2.35. The van der Waals surface area contributed by atoms with E-state index in [4.69, 9.17) is 0 Å². The first-order valence-corrected chi connectivity index (χ1v) is 9.03. The summed E-state index contributed by atoms with van der Waals surface area (Å²) < 4.78 is 0. The van der Waals surface area contributed by atoms with Crippen LogP contribution in [0.1, 0.15) is 34.7 Å². The SMILES string of the molecule is CCc1ccc(N(c2ccc(C)cc2)c2cc(C)c(C)c(C)c2)cc1. The minimum Gasteiger partial charge on any atom is -0.310 e. The van der Waals surface area contributed by atoms with Crippen LogP contribution >= 0.6 is 0 Å². The van der Waals surface area contributed by atoms with Crippen molar-refractivity contribution in [2.45, 2.75) is 41.0 Å². The maximum Gasteiger partial charge on any atom is 0.0467 e. The molecular formula is C24H27N. The fraction of sp³-hybridized carbons (Fsp3) is 0.250. The smallest absolute Gasteiger partial charge is 0.0467 e. The molecule has 0 saturated heterocycles. The quantitative estimate of drug-likeness (QED) is 0.500. The van der Waals surface area contributed by atoms with Crippen LogP contribution in [0.25, 0.3) is 0 Å². The Labute approximate surface area is 151 Å². The van der Waals surface area contributed by atoms with Crippen LogP contribution in [-0.2, 0) is 6.42 Å². The van der Waals surface area contributed by atoms with Gasteiger partial charge < -0.3 is 4.90 Å². The van der Waals surface area contributed by atoms with Gasteiger partial charge in [-0.2, -0.15) is 0 Å². The van der Waals surface area contributed by atoms with Crippen molar-refractivity contribution in [2.24, 2.45) is 0 Å². The summed E-state index contributed by atoms with van der Waals surface area (Å²) in [5, 5.41) is 0. The lowest BCUT2D eigenvalue weighted by Crippen LogP contribution is -2.11. The van der Waals surface area contributed by atoms with Crippen molar-refractivity contribution >= 4 is 17.1 Å². The second kappa shape index (κ2) is 7.14. The van der Waals surface area contributed by atoms with Crippen LogP contribution in [0.5, 0.6) is 0 Å². The van der Waals surface area contributed by atoms with E-state index in [1.807, 2.05) is 0 Å². The monoisotopic (exact) mass is 329 g/mol. The van der Waals surface area contributed by atoms with E-state index in [0.29, 0.717) is 0 Å². The van der Waals surface area contributed by atoms with Gasteiger partial charge in [-0.1, -0.05) is 36.8 Å². The molecule has 0 unspecified atom stereocenters. The van der Waals surface area contributed by atoms with E-state index in [1.165, 1.54) is 44.9 Å². The van der Waals surface area contributed by atoms with Gasteiger partial charge in [0.15, 0.2) is 0 Å². The van der Waals surface area contributed by atoms with E-state index in [0.717, 1.165) is 6.42 Å². The summed E-state index contributed by atoms with van der Waals surface area (Å²) in [6.07, 6.45) is 1.06. The summed E-state index contributed by atoms with van der Waals surface area (Å²) >= 11 is 0. The topological polar surface area (TPSA) is 3.24 Å². The molecule has 0 bridgehead atoms. The molecule has 25 heavy (non-hydrogen) atoms. The van der Waals surface area contributed by atoms with Gasteiger partial charge in [-0.3, -0.25) is 0 Å². The molecule has 0 heterocycles. The third-order valence-electron chi connectivity index (χ3n) is 5.06. The Morgan fingerprint density at radius 1 is 0.640 bits per heavy atom. The van der Waals surface area contributed by atoms with Crippen molar-refractivity contribution in [3.63, 3.8) is 0 Å². The first kappa shape index (κ1) is 17.3. The van der Waals surface area contributed by atoms with Gasteiger partial charge >= 0.3 is 0 Å². The van der Waals surface area contributed by atoms with Crippen molar-refractivity contribution in [1.29, 1.82) is 0 Å². The number of aryl methyl sites for hydroxylation is 4. The third-order valence-corrected chi connectivity index (χ3v) is 5.06. The molecule has 0 radical (unpaired) electrons. The van der Waals surface area contributed by atoms with Gasteiger partial charge in [0.2, 0.25) is 0 Å². The molecule has 0 saturated carbocycles. The summed E-state index contributed by atoms with van der Waals surface area (Å²) in [6.45, 7) is 10.9. The minimum atomic E-state index is 1.06. The Morgan fingerprint density at radius 3 is 1.60 bits per heavy atom. The molecule has 3 aromatic rings. The zero-order chi connectivity index (χ0) is 18.0. The van der Waals surface area contributed by atoms with Crippen LogP contribution in [0.3, 0.4) is 0 Å². The number of hydrogen-bond donors (Lipinski definition) is 0. The van der Waals surface area contributed by atoms with Gasteiger partial charge in [0.1, 0.15) is 0 Å². The van der Waals surface area contributed by atoms with E-state index in [2.05, 4.69) is 100 Å². The van der Waals surface area contributed by atoms with E-state index >= 15 is 0 Å². The number of anilines is 3. The molecule has 0 atom stereocenters. The lowest BCUT2D eigenvalue weighted by molar-refractivity contribution is 1.13. The largest absolute Gasteiger partial charge is 0.310 e. The van der Waals surface area contributed by atoms with Crippen LogP contribution in [-0.4, -0.2) is 0 Å². The highest BCUT2D eigenvalue weighted by molar-refractivity contribution is 5.77. The standard InChI is InChI=1S/C24H27N/c1-6-21-9-13-23(14-10-21)25(22-11-7-17(2)8-12-22)24-15-18(3)20(5)19(4)16-24/h7-16H,6H2,1-5H3. The van der Waals surface area contributed by atoms with Crippen LogP contribution in [0.4, 0.5) is 17.1 Å². The fourth-order valence-corrected chi connectivity index (χ4v) is 3.16. The average molecular weight is 329 g/mol. The molecule has 0 aromatic heterocycles. The highest BCUT2D eigenvalue weighted by Gasteiger charge is 2.14. The van der Waals surface area contributed by atoms with Gasteiger partial charge in [0.05, 0.1) is 0 Å². The Morgan fingerprint density at radius 2 is 1.12 bits per heavy atom. The van der Waals surface area contributed by atoms with Gasteiger partial charge in [0, 0.05) is 17.1 Å². The summed E-state index contributed by atoms with van der Waals surface area (Å²) in [4.78, 5) is 2.35. The molecule has 0 spiro atoms. The second-order valence-electron chi connectivity index (χ2n) is 6.90. The van der Waals surface area contributed by atoms with Gasteiger partial charge in [-0.25, -0.2) is 0 Å². The van der Waals surface area contributed by atoms with Crippen molar-refractivity contribution in [2.75, 3.05) is 4.90 Å². The van der Waals surface area contributed by atoms with Crippen molar-refractivity contribution in [3.05, 3.63) is 88.5 Å². The molecular weight excluding hydrogens is 302 g/mol. The van der Waals surface area contributed by atoms with E-state index in [1.54, 1.807) is 0 Å². The fourth-order valence-electron chi connectivity index (χ4n) is 3.16. The molecule has 0 amide bonds. The lowest BCUT2D eigenvalue weighted by Gasteiger charge is -2.27. The summed E-state index contributed by atoms with van der Waals surface area (Å²) in [5.41, 5.74) is 10.3. The Balaban J connectivity index is 2.16. The first-order valence-electron chi connectivity index (χ1n) is 9.03. The van der Waals surface area contributed by atoms with Crippen LogP contribution in [0.2, 0.25) is 0 Å². The number of benzene rings is 3. The highest BCUT2D eigenvalue weighted by Crippen LogP contribution is 2.36. The average Bonchev–Trinajstić information content (AvgIpc) is 2.62. The predicted octanol–water partition coefficient (Wildman–Crippen LogP) is 6.95. The first-order chi connectivity index (χ1) is 12.0. The van der Waals surface area contributed by atoms with Crippen LogP contribution in [0, 0.1) is 27.7 Å². The maximum atomic E-state index is 2.35. The molecule has 1 heteroatoms. The van der Waals surface area contributed by atoms with Crippen molar-refractivity contribution < 1.29 is 0 Å². The zero-order valence-corrected chi connectivity index (χ0v) is 15.9. The highest BCUT2D eigenvalue weighted by atomic mass is 15.1. The Bertz CT molecular complexity index is 835.